The Bertz CT molecular complexity index is 1400. The number of amides is 3. The molecule has 4 aromatic carbocycles. The van der Waals surface area contributed by atoms with Crippen molar-refractivity contribution in [1.29, 1.82) is 0 Å². The summed E-state index contributed by atoms with van der Waals surface area (Å²) in [6.45, 7) is 4.06. The van der Waals surface area contributed by atoms with Crippen LogP contribution in [0, 0.1) is 0 Å². The second-order valence-electron chi connectivity index (χ2n) is 8.88. The first-order chi connectivity index (χ1) is 18.4. The van der Waals surface area contributed by atoms with Crippen molar-refractivity contribution in [3.63, 3.8) is 0 Å². The van der Waals surface area contributed by atoms with Crippen molar-refractivity contribution < 1.29 is 14.4 Å². The molecule has 0 spiro atoms. The number of anilines is 3. The molecule has 0 saturated heterocycles. The molecule has 3 N–H and O–H groups in total. The van der Waals surface area contributed by atoms with Crippen molar-refractivity contribution in [2.75, 3.05) is 16.0 Å². The van der Waals surface area contributed by atoms with Crippen LogP contribution in [0.2, 0.25) is 6.82 Å². The molecular weight excluding hydrogens is 473 g/mol. The molecule has 38 heavy (non-hydrogen) atoms. The number of carbonyl (C=O) groups excluding carboxylic acids is 3. The Balaban J connectivity index is 1.30. The monoisotopic (exact) mass is 502 g/mol. The van der Waals surface area contributed by atoms with Gasteiger partial charge in [0.25, 0.3) is 17.7 Å². The summed E-state index contributed by atoms with van der Waals surface area (Å²) in [5.41, 5.74) is 5.76. The number of hydrogen-bond donors (Lipinski definition) is 3. The van der Waals surface area contributed by atoms with E-state index < -0.39 is 0 Å². The molecule has 0 saturated carbocycles. The zero-order valence-electron chi connectivity index (χ0n) is 21.5. The Hall–Kier alpha value is -4.65. The van der Waals surface area contributed by atoms with Crippen molar-refractivity contribution in [2.45, 2.75) is 26.5 Å². The van der Waals surface area contributed by atoms with Crippen LogP contribution in [0.25, 0.3) is 0 Å². The molecule has 0 fully saturated rings. The van der Waals surface area contributed by atoms with E-state index in [0.29, 0.717) is 33.8 Å². The Morgan fingerprint density at radius 3 is 1.18 bits per heavy atom. The highest BCUT2D eigenvalue weighted by atomic mass is 16.2. The summed E-state index contributed by atoms with van der Waals surface area (Å²) < 4.78 is 0. The third-order valence-electron chi connectivity index (χ3n) is 6.09. The molecule has 0 aromatic heterocycles. The lowest BCUT2D eigenvalue weighted by Gasteiger charge is -2.10. The van der Waals surface area contributed by atoms with Crippen LogP contribution in [0.5, 0.6) is 0 Å². The zero-order chi connectivity index (χ0) is 26.9. The third-order valence-corrected chi connectivity index (χ3v) is 6.09. The van der Waals surface area contributed by atoms with Gasteiger partial charge in [0.2, 0.25) is 0 Å². The topological polar surface area (TPSA) is 87.3 Å². The minimum atomic E-state index is -0.278. The minimum Gasteiger partial charge on any atom is -0.322 e. The van der Waals surface area contributed by atoms with Crippen LogP contribution in [0.3, 0.4) is 0 Å². The van der Waals surface area contributed by atoms with E-state index in [1.54, 1.807) is 60.7 Å². The molecular formula is C31H29BN3O3. The van der Waals surface area contributed by atoms with Crippen molar-refractivity contribution >= 4 is 42.1 Å². The van der Waals surface area contributed by atoms with Crippen molar-refractivity contribution in [1.82, 2.24) is 0 Å². The fraction of sp³-hybridized carbons (Fsp3) is 0.129. The third kappa shape index (κ3) is 6.98. The molecule has 0 aliphatic rings. The average Bonchev–Trinajstić information content (AvgIpc) is 2.95. The molecule has 4 aromatic rings. The summed E-state index contributed by atoms with van der Waals surface area (Å²) in [6, 6.07) is 28.6. The Labute approximate surface area is 223 Å². The van der Waals surface area contributed by atoms with Gasteiger partial charge in [-0.05, 0) is 84.8 Å². The lowest BCUT2D eigenvalue weighted by atomic mass is 9.75. The van der Waals surface area contributed by atoms with E-state index in [1.165, 1.54) is 5.56 Å². The van der Waals surface area contributed by atoms with Crippen LogP contribution in [0.4, 0.5) is 17.1 Å². The summed E-state index contributed by atoms with van der Waals surface area (Å²) in [5.74, 6) is -0.678. The van der Waals surface area contributed by atoms with Gasteiger partial charge in [0.1, 0.15) is 7.28 Å². The van der Waals surface area contributed by atoms with Gasteiger partial charge in [-0.1, -0.05) is 49.9 Å². The molecule has 0 aliphatic heterocycles. The first-order valence-electron chi connectivity index (χ1n) is 12.5. The molecule has 1 radical (unpaired) electrons. The molecule has 6 nitrogen and oxygen atoms in total. The van der Waals surface area contributed by atoms with Gasteiger partial charge in [-0.25, -0.2) is 0 Å². The smallest absolute Gasteiger partial charge is 0.255 e. The number of carbonyl (C=O) groups is 3. The number of aryl methyl sites for hydroxylation is 1. The molecule has 0 atom stereocenters. The Morgan fingerprint density at radius 2 is 0.842 bits per heavy atom. The molecule has 0 heterocycles. The van der Waals surface area contributed by atoms with Gasteiger partial charge < -0.3 is 16.0 Å². The summed E-state index contributed by atoms with van der Waals surface area (Å²) >= 11 is 0. The van der Waals surface area contributed by atoms with E-state index in [0.717, 1.165) is 18.3 Å². The van der Waals surface area contributed by atoms with E-state index in [4.69, 9.17) is 0 Å². The maximum absolute atomic E-state index is 12.7. The predicted octanol–water partition coefficient (Wildman–Crippen LogP) is 6.26. The summed E-state index contributed by atoms with van der Waals surface area (Å²) in [7, 11) is 2.07. The van der Waals surface area contributed by atoms with Gasteiger partial charge in [0, 0.05) is 33.8 Å². The standard InChI is InChI=1S/C31H29BN3O3/c1-3-21-4-8-23(9-5-21)29(36)33-26-14-12-25(13-15-26)31(38)35-28-18-16-27(17-19-28)34-30(37)24-10-6-22(7-11-24)20-32-2/h4-19H,3,20H2,1-2H3,(H,33,36)(H,34,37)(H,35,38). The van der Waals surface area contributed by atoms with Crippen LogP contribution < -0.4 is 16.0 Å². The lowest BCUT2D eigenvalue weighted by molar-refractivity contribution is 0.101. The quantitative estimate of drug-likeness (QED) is 0.236. The van der Waals surface area contributed by atoms with Crippen LogP contribution >= 0.6 is 0 Å². The normalized spacial score (nSPS) is 10.4. The van der Waals surface area contributed by atoms with Gasteiger partial charge in [-0.3, -0.25) is 14.4 Å². The summed E-state index contributed by atoms with van der Waals surface area (Å²) in [6.07, 6.45) is 1.78. The number of rotatable bonds is 9. The highest BCUT2D eigenvalue weighted by Crippen LogP contribution is 2.18. The van der Waals surface area contributed by atoms with Gasteiger partial charge in [0.05, 0.1) is 0 Å². The number of hydrogen-bond acceptors (Lipinski definition) is 3. The fourth-order valence-corrected chi connectivity index (χ4v) is 3.87. The van der Waals surface area contributed by atoms with E-state index in [-0.39, 0.29) is 17.7 Å². The van der Waals surface area contributed by atoms with Crippen molar-refractivity contribution in [3.8, 4) is 0 Å². The predicted molar refractivity (Wildman–Crippen MR) is 154 cm³/mol. The summed E-state index contributed by atoms with van der Waals surface area (Å²) in [4.78, 5) is 37.7. The maximum atomic E-state index is 12.7. The van der Waals surface area contributed by atoms with Gasteiger partial charge >= 0.3 is 0 Å². The minimum absolute atomic E-state index is 0.195. The fourth-order valence-electron chi connectivity index (χ4n) is 3.87. The SMILES string of the molecule is C[B]Cc1ccc(C(=O)Nc2ccc(NC(=O)c3ccc(NC(=O)c4ccc(CC)cc4)cc3)cc2)cc1. The largest absolute Gasteiger partial charge is 0.322 e. The zero-order valence-corrected chi connectivity index (χ0v) is 21.5. The van der Waals surface area contributed by atoms with Crippen LogP contribution in [0.1, 0.15) is 49.1 Å². The van der Waals surface area contributed by atoms with Crippen molar-refractivity contribution in [2.24, 2.45) is 0 Å². The first kappa shape index (κ1) is 26.4. The molecule has 0 unspecified atom stereocenters. The second-order valence-corrected chi connectivity index (χ2v) is 8.88. The van der Waals surface area contributed by atoms with E-state index in [2.05, 4.69) is 30.2 Å². The first-order valence-corrected chi connectivity index (χ1v) is 12.5. The van der Waals surface area contributed by atoms with E-state index in [9.17, 15) is 14.4 Å². The highest BCUT2D eigenvalue weighted by Gasteiger charge is 2.10. The summed E-state index contributed by atoms with van der Waals surface area (Å²) in [5, 5.41) is 8.56. The van der Waals surface area contributed by atoms with E-state index >= 15 is 0 Å². The molecule has 189 valence electrons. The Kier molecular flexibility index (Phi) is 8.72. The number of benzene rings is 4. The second kappa shape index (κ2) is 12.5. The number of nitrogens with one attached hydrogen (secondary N) is 3. The van der Waals surface area contributed by atoms with Crippen molar-refractivity contribution in [3.05, 3.63) is 125 Å². The van der Waals surface area contributed by atoms with Crippen LogP contribution in [-0.4, -0.2) is 25.0 Å². The van der Waals surface area contributed by atoms with Crippen LogP contribution in [-0.2, 0) is 12.7 Å². The Morgan fingerprint density at radius 1 is 0.526 bits per heavy atom. The van der Waals surface area contributed by atoms with Gasteiger partial charge in [-0.15, -0.1) is 0 Å². The molecule has 3 amide bonds. The van der Waals surface area contributed by atoms with E-state index in [1.807, 2.05) is 43.2 Å². The van der Waals surface area contributed by atoms with Gasteiger partial charge in [0.15, 0.2) is 0 Å². The molecule has 0 aliphatic carbocycles. The van der Waals surface area contributed by atoms with Gasteiger partial charge in [-0.2, -0.15) is 0 Å². The molecule has 4 rings (SSSR count). The molecule has 7 heteroatoms. The lowest BCUT2D eigenvalue weighted by Crippen LogP contribution is -2.14. The maximum Gasteiger partial charge on any atom is 0.255 e. The van der Waals surface area contributed by atoms with Crippen LogP contribution in [0.15, 0.2) is 97.1 Å². The molecule has 0 bridgehead atoms. The highest BCUT2D eigenvalue weighted by molar-refractivity contribution is 6.32. The average molecular weight is 502 g/mol.